The van der Waals surface area contributed by atoms with E-state index in [1.54, 1.807) is 6.07 Å². The fourth-order valence-electron chi connectivity index (χ4n) is 5.83. The van der Waals surface area contributed by atoms with Gasteiger partial charge in [-0.05, 0) is 34.4 Å². The average Bonchev–Trinajstić information content (AvgIpc) is 3.12. The van der Waals surface area contributed by atoms with Gasteiger partial charge >= 0.3 is 5.69 Å². The second-order valence-electron chi connectivity index (χ2n) is 8.69. The molecule has 1 saturated heterocycles. The van der Waals surface area contributed by atoms with Crippen LogP contribution in [0.25, 0.3) is 0 Å². The molecule has 2 amide bonds. The fourth-order valence-corrected chi connectivity index (χ4v) is 5.83. The number of carbonyl (C=O) groups excluding carboxylic acids is 2. The largest absolute Gasteiger partial charge is 0.490 e. The van der Waals surface area contributed by atoms with Crippen LogP contribution >= 0.6 is 0 Å². The Kier molecular flexibility index (Phi) is 4.38. The lowest BCUT2D eigenvalue weighted by Crippen LogP contribution is -2.41. The SMILES string of the molecule is COc1ccc(/C=N\N2C(=O)[C@@H]3C4c5ccccc5C(c5ccccc54)[C@H]3C2=O)cc1[N+](=O)[O-]. The van der Waals surface area contributed by atoms with Crippen molar-refractivity contribution in [1.29, 1.82) is 0 Å². The molecule has 0 saturated carbocycles. The second-order valence-corrected chi connectivity index (χ2v) is 8.69. The molecule has 0 unspecified atom stereocenters. The molecule has 1 aliphatic heterocycles. The van der Waals surface area contributed by atoms with Crippen molar-refractivity contribution >= 4 is 23.7 Å². The van der Waals surface area contributed by atoms with Gasteiger partial charge in [0.05, 0.1) is 30.1 Å². The quantitative estimate of drug-likeness (QED) is 0.259. The number of methoxy groups -OCH3 is 1. The second kappa shape index (κ2) is 7.34. The van der Waals surface area contributed by atoms with Crippen molar-refractivity contribution in [2.24, 2.45) is 16.9 Å². The van der Waals surface area contributed by atoms with E-state index in [9.17, 15) is 19.7 Å². The number of imide groups is 1. The van der Waals surface area contributed by atoms with E-state index in [1.165, 1.54) is 25.5 Å². The number of benzene rings is 3. The molecule has 0 spiro atoms. The van der Waals surface area contributed by atoms with E-state index in [-0.39, 0.29) is 35.1 Å². The zero-order valence-electron chi connectivity index (χ0n) is 18.1. The Labute approximate surface area is 194 Å². The van der Waals surface area contributed by atoms with E-state index in [1.807, 2.05) is 48.5 Å². The van der Waals surface area contributed by atoms with E-state index in [2.05, 4.69) is 5.10 Å². The highest BCUT2D eigenvalue weighted by molar-refractivity contribution is 6.08. The summed E-state index contributed by atoms with van der Waals surface area (Å²) in [7, 11) is 1.35. The van der Waals surface area contributed by atoms with Gasteiger partial charge in [0.25, 0.3) is 11.8 Å². The Morgan fingerprint density at radius 3 is 1.82 bits per heavy atom. The molecule has 7 rings (SSSR count). The molecule has 3 aliphatic carbocycles. The number of hydrazone groups is 1. The topological polar surface area (TPSA) is 102 Å². The number of amides is 2. The summed E-state index contributed by atoms with van der Waals surface area (Å²) >= 11 is 0. The Bertz CT molecular complexity index is 1300. The number of hydrogen-bond donors (Lipinski definition) is 0. The summed E-state index contributed by atoms with van der Waals surface area (Å²) in [5, 5.41) is 16.5. The van der Waals surface area contributed by atoms with Crippen LogP contribution in [-0.4, -0.2) is 35.1 Å². The predicted octanol–water partition coefficient (Wildman–Crippen LogP) is 3.83. The van der Waals surface area contributed by atoms with Gasteiger partial charge in [0.15, 0.2) is 5.75 Å². The van der Waals surface area contributed by atoms with Crippen LogP contribution in [0.3, 0.4) is 0 Å². The van der Waals surface area contributed by atoms with Crippen molar-refractivity contribution in [3.63, 3.8) is 0 Å². The molecule has 2 atom stereocenters. The normalized spacial score (nSPS) is 24.2. The maximum atomic E-state index is 13.5. The minimum Gasteiger partial charge on any atom is -0.490 e. The Morgan fingerprint density at radius 2 is 1.38 bits per heavy atom. The Balaban J connectivity index is 1.40. The highest BCUT2D eigenvalue weighted by Gasteiger charge is 2.61. The number of nitro groups is 1. The molecule has 3 aromatic carbocycles. The molecule has 34 heavy (non-hydrogen) atoms. The number of rotatable bonds is 4. The first-order valence-electron chi connectivity index (χ1n) is 10.9. The van der Waals surface area contributed by atoms with Crippen LogP contribution < -0.4 is 4.74 Å². The molecule has 1 heterocycles. The van der Waals surface area contributed by atoms with Gasteiger partial charge in [-0.3, -0.25) is 19.7 Å². The van der Waals surface area contributed by atoms with Gasteiger partial charge in [-0.1, -0.05) is 48.5 Å². The summed E-state index contributed by atoms with van der Waals surface area (Å²) in [5.41, 5.74) is 4.52. The van der Waals surface area contributed by atoms with Crippen molar-refractivity contribution in [2.45, 2.75) is 11.8 Å². The summed E-state index contributed by atoms with van der Waals surface area (Å²) in [6.45, 7) is 0. The van der Waals surface area contributed by atoms with Gasteiger partial charge in [0.2, 0.25) is 0 Å². The molecular weight excluding hydrogens is 434 g/mol. The predicted molar refractivity (Wildman–Crippen MR) is 123 cm³/mol. The van der Waals surface area contributed by atoms with E-state index in [0.29, 0.717) is 5.56 Å². The van der Waals surface area contributed by atoms with Crippen LogP contribution in [0.2, 0.25) is 0 Å². The highest BCUT2D eigenvalue weighted by Crippen LogP contribution is 2.60. The first-order chi connectivity index (χ1) is 16.5. The molecule has 0 N–H and O–H groups in total. The smallest absolute Gasteiger partial charge is 0.311 e. The first-order valence-corrected chi connectivity index (χ1v) is 10.9. The fraction of sp³-hybridized carbons (Fsp3) is 0.192. The van der Waals surface area contributed by atoms with Crippen LogP contribution in [0, 0.1) is 22.0 Å². The summed E-state index contributed by atoms with van der Waals surface area (Å²) in [5.74, 6) is -2.02. The minimum atomic E-state index is -0.553. The zero-order valence-corrected chi connectivity index (χ0v) is 18.1. The van der Waals surface area contributed by atoms with Crippen molar-refractivity contribution in [3.05, 3.63) is 105 Å². The van der Waals surface area contributed by atoms with Crippen LogP contribution in [0.5, 0.6) is 5.75 Å². The lowest BCUT2D eigenvalue weighted by molar-refractivity contribution is -0.385. The van der Waals surface area contributed by atoms with Gasteiger partial charge in [0.1, 0.15) is 0 Å². The number of carbonyl (C=O) groups is 2. The molecule has 0 radical (unpaired) electrons. The van der Waals surface area contributed by atoms with Gasteiger partial charge in [-0.25, -0.2) is 0 Å². The van der Waals surface area contributed by atoms with E-state index >= 15 is 0 Å². The maximum Gasteiger partial charge on any atom is 0.311 e. The first kappa shape index (κ1) is 20.3. The monoisotopic (exact) mass is 453 g/mol. The van der Waals surface area contributed by atoms with Crippen molar-refractivity contribution in [3.8, 4) is 5.75 Å². The molecular formula is C26H19N3O5. The van der Waals surface area contributed by atoms with Crippen molar-refractivity contribution in [1.82, 2.24) is 5.01 Å². The molecule has 2 bridgehead atoms. The van der Waals surface area contributed by atoms with Crippen LogP contribution in [0.1, 0.15) is 39.7 Å². The Morgan fingerprint density at radius 1 is 0.882 bits per heavy atom. The molecule has 168 valence electrons. The van der Waals surface area contributed by atoms with Gasteiger partial charge in [-0.15, -0.1) is 0 Å². The third-order valence-electron chi connectivity index (χ3n) is 7.15. The van der Waals surface area contributed by atoms with Crippen LogP contribution in [0.15, 0.2) is 71.8 Å². The standard InChI is InChI=1S/C26H19N3O5/c1-34-20-11-10-14(12-19(20)29(32)33)13-27-28-25(30)23-21-15-6-2-3-7-16(15)22(24(23)26(28)31)18-9-5-4-8-17(18)21/h2-13,21-24H,1H3/b27-13-/t21?,22?,23-,24-/m1/s1. The molecule has 4 aliphatic rings. The lowest BCUT2D eigenvalue weighted by Gasteiger charge is -2.45. The third kappa shape index (κ3) is 2.68. The van der Waals surface area contributed by atoms with Gasteiger partial charge in [0, 0.05) is 23.5 Å². The summed E-state index contributed by atoms with van der Waals surface area (Å²) < 4.78 is 5.03. The number of nitro benzene ring substituents is 1. The molecule has 1 fully saturated rings. The maximum absolute atomic E-state index is 13.5. The number of ether oxygens (including phenoxy) is 1. The average molecular weight is 453 g/mol. The summed E-state index contributed by atoms with van der Waals surface area (Å²) in [6, 6.07) is 20.4. The summed E-state index contributed by atoms with van der Waals surface area (Å²) in [4.78, 5) is 37.8. The van der Waals surface area contributed by atoms with Gasteiger partial charge < -0.3 is 4.74 Å². The van der Waals surface area contributed by atoms with Crippen molar-refractivity contribution < 1.29 is 19.2 Å². The van der Waals surface area contributed by atoms with E-state index < -0.39 is 16.8 Å². The Hall–Kier alpha value is -4.33. The summed E-state index contributed by atoms with van der Waals surface area (Å²) in [6.07, 6.45) is 1.31. The molecule has 3 aromatic rings. The van der Waals surface area contributed by atoms with Crippen molar-refractivity contribution in [2.75, 3.05) is 7.11 Å². The molecule has 0 aromatic heterocycles. The minimum absolute atomic E-state index is 0.119. The number of hydrogen-bond acceptors (Lipinski definition) is 6. The van der Waals surface area contributed by atoms with Gasteiger partial charge in [-0.2, -0.15) is 10.1 Å². The number of nitrogens with zero attached hydrogens (tertiary/aromatic N) is 3. The van der Waals surface area contributed by atoms with E-state index in [4.69, 9.17) is 4.74 Å². The van der Waals surface area contributed by atoms with Crippen LogP contribution in [0.4, 0.5) is 5.69 Å². The third-order valence-corrected chi connectivity index (χ3v) is 7.15. The lowest BCUT2D eigenvalue weighted by atomic mass is 9.55. The highest BCUT2D eigenvalue weighted by atomic mass is 16.6. The molecule has 8 nitrogen and oxygen atoms in total. The van der Waals surface area contributed by atoms with E-state index in [0.717, 1.165) is 27.3 Å². The van der Waals surface area contributed by atoms with Crippen LogP contribution in [-0.2, 0) is 9.59 Å². The molecule has 8 heteroatoms. The zero-order chi connectivity index (χ0) is 23.6.